The topological polar surface area (TPSA) is 12.0 Å². The van der Waals surface area contributed by atoms with Crippen molar-refractivity contribution >= 4 is 23.2 Å². The van der Waals surface area contributed by atoms with Gasteiger partial charge in [-0.3, -0.25) is 0 Å². The van der Waals surface area contributed by atoms with Crippen molar-refractivity contribution in [3.8, 4) is 0 Å². The van der Waals surface area contributed by atoms with Gasteiger partial charge in [0.15, 0.2) is 0 Å². The Labute approximate surface area is 124 Å². The Morgan fingerprint density at radius 3 is 2.32 bits per heavy atom. The van der Waals surface area contributed by atoms with Gasteiger partial charge < -0.3 is 5.32 Å². The summed E-state index contributed by atoms with van der Waals surface area (Å²) in [7, 11) is 0. The smallest absolute Gasteiger partial charge is 0.0465 e. The van der Waals surface area contributed by atoms with Crippen LogP contribution in [-0.4, -0.2) is 0 Å². The van der Waals surface area contributed by atoms with E-state index in [-0.39, 0.29) is 6.04 Å². The van der Waals surface area contributed by atoms with Crippen LogP contribution in [0, 0.1) is 6.92 Å². The van der Waals surface area contributed by atoms with Crippen LogP contribution in [0.2, 0.25) is 10.0 Å². The first-order valence-corrected chi connectivity index (χ1v) is 7.06. The molecule has 1 N–H and O–H groups in total. The summed E-state index contributed by atoms with van der Waals surface area (Å²) in [6.45, 7) is 4.90. The van der Waals surface area contributed by atoms with Crippen LogP contribution in [0.3, 0.4) is 0 Å². The molecule has 19 heavy (non-hydrogen) atoms. The monoisotopic (exact) mass is 293 g/mol. The van der Waals surface area contributed by atoms with Crippen LogP contribution in [0.15, 0.2) is 42.5 Å². The van der Waals surface area contributed by atoms with E-state index in [0.29, 0.717) is 16.6 Å². The minimum atomic E-state index is 0.257. The zero-order chi connectivity index (χ0) is 13.8. The van der Waals surface area contributed by atoms with E-state index in [9.17, 15) is 0 Å². The van der Waals surface area contributed by atoms with Gasteiger partial charge >= 0.3 is 0 Å². The van der Waals surface area contributed by atoms with Crippen molar-refractivity contribution < 1.29 is 0 Å². The highest BCUT2D eigenvalue weighted by atomic mass is 35.5. The Kier molecular flexibility index (Phi) is 4.87. The zero-order valence-electron chi connectivity index (χ0n) is 11.1. The van der Waals surface area contributed by atoms with E-state index in [2.05, 4.69) is 43.4 Å². The Morgan fingerprint density at radius 1 is 1.05 bits per heavy atom. The van der Waals surface area contributed by atoms with Gasteiger partial charge in [0.25, 0.3) is 0 Å². The molecule has 0 aromatic heterocycles. The average Bonchev–Trinajstić information content (AvgIpc) is 2.38. The lowest BCUT2D eigenvalue weighted by Crippen LogP contribution is -2.18. The summed E-state index contributed by atoms with van der Waals surface area (Å²) in [6, 6.07) is 14.3. The molecule has 0 saturated heterocycles. The summed E-state index contributed by atoms with van der Waals surface area (Å²) in [5, 5.41) is 4.87. The number of halogens is 2. The molecule has 2 rings (SSSR count). The van der Waals surface area contributed by atoms with Gasteiger partial charge in [-0.15, -0.1) is 0 Å². The minimum Gasteiger partial charge on any atom is -0.306 e. The van der Waals surface area contributed by atoms with Crippen LogP contribution in [0.5, 0.6) is 0 Å². The van der Waals surface area contributed by atoms with Gasteiger partial charge in [0.2, 0.25) is 0 Å². The van der Waals surface area contributed by atoms with Crippen molar-refractivity contribution in [3.05, 3.63) is 69.2 Å². The molecule has 1 atom stereocenters. The first-order valence-electron chi connectivity index (χ1n) is 6.31. The van der Waals surface area contributed by atoms with Gasteiger partial charge in [-0.1, -0.05) is 59.1 Å². The Hall–Kier alpha value is -1.02. The second-order valence-corrected chi connectivity index (χ2v) is 5.53. The third kappa shape index (κ3) is 3.73. The van der Waals surface area contributed by atoms with Gasteiger partial charge in [-0.05, 0) is 31.5 Å². The van der Waals surface area contributed by atoms with Crippen molar-refractivity contribution in [1.29, 1.82) is 0 Å². The van der Waals surface area contributed by atoms with Crippen LogP contribution in [-0.2, 0) is 6.54 Å². The molecule has 0 aliphatic heterocycles. The first kappa shape index (κ1) is 14.4. The predicted molar refractivity (Wildman–Crippen MR) is 82.9 cm³/mol. The molecule has 2 aromatic carbocycles. The van der Waals surface area contributed by atoms with Gasteiger partial charge in [-0.2, -0.15) is 0 Å². The van der Waals surface area contributed by atoms with Crippen molar-refractivity contribution in [2.24, 2.45) is 0 Å². The summed E-state index contributed by atoms with van der Waals surface area (Å²) in [5.41, 5.74) is 3.48. The Bertz CT molecular complexity index is 546. The molecule has 0 unspecified atom stereocenters. The van der Waals surface area contributed by atoms with E-state index in [1.807, 2.05) is 18.2 Å². The van der Waals surface area contributed by atoms with E-state index in [0.717, 1.165) is 5.56 Å². The molecule has 0 amide bonds. The van der Waals surface area contributed by atoms with E-state index in [1.165, 1.54) is 11.1 Å². The lowest BCUT2D eigenvalue weighted by molar-refractivity contribution is 0.574. The van der Waals surface area contributed by atoms with Crippen molar-refractivity contribution in [1.82, 2.24) is 5.32 Å². The third-order valence-corrected chi connectivity index (χ3v) is 3.90. The van der Waals surface area contributed by atoms with Crippen LogP contribution in [0.1, 0.15) is 29.7 Å². The largest absolute Gasteiger partial charge is 0.306 e. The van der Waals surface area contributed by atoms with Crippen molar-refractivity contribution in [2.75, 3.05) is 0 Å². The quantitative estimate of drug-likeness (QED) is 0.822. The average molecular weight is 294 g/mol. The fraction of sp³-hybridized carbons (Fsp3) is 0.250. The van der Waals surface area contributed by atoms with Crippen LogP contribution in [0.4, 0.5) is 0 Å². The van der Waals surface area contributed by atoms with E-state index in [4.69, 9.17) is 23.2 Å². The summed E-state index contributed by atoms with van der Waals surface area (Å²) in [4.78, 5) is 0. The molecule has 0 fully saturated rings. The molecule has 0 bridgehead atoms. The predicted octanol–water partition coefficient (Wildman–Crippen LogP) is 5.15. The molecular formula is C16H17Cl2N. The molecule has 2 aromatic rings. The van der Waals surface area contributed by atoms with Gasteiger partial charge in [0.1, 0.15) is 0 Å². The van der Waals surface area contributed by atoms with E-state index >= 15 is 0 Å². The van der Waals surface area contributed by atoms with Gasteiger partial charge in [-0.25, -0.2) is 0 Å². The number of hydrogen-bond acceptors (Lipinski definition) is 1. The molecular weight excluding hydrogens is 277 g/mol. The standard InChI is InChI=1S/C16H17Cl2N/c1-11-5-3-6-13(9-11)12(2)19-10-14-15(17)7-4-8-16(14)18/h3-9,12,19H,10H2,1-2H3/t12-/m0/s1. The molecule has 100 valence electrons. The normalized spacial score (nSPS) is 12.4. The number of benzene rings is 2. The third-order valence-electron chi connectivity index (χ3n) is 3.19. The molecule has 3 heteroatoms. The van der Waals surface area contributed by atoms with Crippen molar-refractivity contribution in [3.63, 3.8) is 0 Å². The molecule has 0 spiro atoms. The molecule has 0 aliphatic carbocycles. The number of hydrogen-bond donors (Lipinski definition) is 1. The fourth-order valence-electron chi connectivity index (χ4n) is 2.01. The van der Waals surface area contributed by atoms with Crippen LogP contribution < -0.4 is 5.32 Å². The maximum atomic E-state index is 6.16. The molecule has 0 aliphatic rings. The molecule has 0 saturated carbocycles. The Morgan fingerprint density at radius 2 is 1.68 bits per heavy atom. The minimum absolute atomic E-state index is 0.257. The van der Waals surface area contributed by atoms with Crippen LogP contribution in [0.25, 0.3) is 0 Å². The van der Waals surface area contributed by atoms with Gasteiger partial charge in [0, 0.05) is 28.2 Å². The maximum Gasteiger partial charge on any atom is 0.0465 e. The SMILES string of the molecule is Cc1cccc([C@H](C)NCc2c(Cl)cccc2Cl)c1. The molecule has 0 heterocycles. The van der Waals surface area contributed by atoms with Gasteiger partial charge in [0.05, 0.1) is 0 Å². The van der Waals surface area contributed by atoms with Crippen LogP contribution >= 0.6 is 23.2 Å². The van der Waals surface area contributed by atoms with E-state index in [1.54, 1.807) is 0 Å². The summed E-state index contributed by atoms with van der Waals surface area (Å²) >= 11 is 12.3. The lowest BCUT2D eigenvalue weighted by Gasteiger charge is -2.16. The fourth-order valence-corrected chi connectivity index (χ4v) is 2.54. The summed E-state index contributed by atoms with van der Waals surface area (Å²) in [6.07, 6.45) is 0. The molecule has 1 nitrogen and oxygen atoms in total. The second kappa shape index (κ2) is 6.42. The number of nitrogens with one attached hydrogen (secondary N) is 1. The molecule has 0 radical (unpaired) electrons. The number of rotatable bonds is 4. The highest BCUT2D eigenvalue weighted by Crippen LogP contribution is 2.25. The Balaban J connectivity index is 2.06. The summed E-state index contributed by atoms with van der Waals surface area (Å²) < 4.78 is 0. The highest BCUT2D eigenvalue weighted by molar-refractivity contribution is 6.35. The van der Waals surface area contributed by atoms with E-state index < -0.39 is 0 Å². The summed E-state index contributed by atoms with van der Waals surface area (Å²) in [5.74, 6) is 0. The number of aryl methyl sites for hydroxylation is 1. The van der Waals surface area contributed by atoms with Crippen molar-refractivity contribution in [2.45, 2.75) is 26.4 Å². The first-order chi connectivity index (χ1) is 9.08. The zero-order valence-corrected chi connectivity index (χ0v) is 12.6. The highest BCUT2D eigenvalue weighted by Gasteiger charge is 2.09. The second-order valence-electron chi connectivity index (χ2n) is 4.72. The lowest BCUT2D eigenvalue weighted by atomic mass is 10.1. The maximum absolute atomic E-state index is 6.16.